The van der Waals surface area contributed by atoms with E-state index in [2.05, 4.69) is 0 Å². The van der Waals surface area contributed by atoms with Crippen molar-refractivity contribution in [1.29, 1.82) is 0 Å². The Balaban J connectivity index is 1.69. The molecule has 33 heavy (non-hydrogen) atoms. The van der Waals surface area contributed by atoms with Crippen molar-refractivity contribution in [3.63, 3.8) is 0 Å². The zero-order chi connectivity index (χ0) is 23.5. The smallest absolute Gasteiger partial charge is 0.257 e. The van der Waals surface area contributed by atoms with E-state index in [9.17, 15) is 18.8 Å². The van der Waals surface area contributed by atoms with E-state index in [1.165, 1.54) is 24.1 Å². The van der Waals surface area contributed by atoms with Gasteiger partial charge in [-0.3, -0.25) is 14.4 Å². The molecular weight excluding hydrogens is 423 g/mol. The molecule has 1 unspecified atom stereocenters. The van der Waals surface area contributed by atoms with Gasteiger partial charge in [0.1, 0.15) is 17.6 Å². The minimum absolute atomic E-state index is 0.0631. The summed E-state index contributed by atoms with van der Waals surface area (Å²) in [4.78, 5) is 42.3. The third-order valence-electron chi connectivity index (χ3n) is 5.73. The molecular formula is C26H23FN2O4. The predicted molar refractivity (Wildman–Crippen MR) is 121 cm³/mol. The van der Waals surface area contributed by atoms with E-state index in [1.807, 2.05) is 19.1 Å². The van der Waals surface area contributed by atoms with E-state index in [0.717, 1.165) is 10.5 Å². The maximum atomic E-state index is 13.6. The van der Waals surface area contributed by atoms with Gasteiger partial charge in [0.15, 0.2) is 0 Å². The van der Waals surface area contributed by atoms with Gasteiger partial charge in [0.2, 0.25) is 5.91 Å². The molecule has 0 N–H and O–H groups in total. The standard InChI is InChI=1S/C26H23FN2O4/c1-17-5-3-4-6-22(17)25(31)28(16-18-7-9-19(27)10-8-18)23-15-24(30)29(26(23)32)20-11-13-21(33-2)14-12-20/h3-14,23H,15-16H2,1-2H3. The molecule has 1 aliphatic heterocycles. The summed E-state index contributed by atoms with van der Waals surface area (Å²) in [7, 11) is 1.53. The number of carbonyl (C=O) groups is 3. The van der Waals surface area contributed by atoms with E-state index in [4.69, 9.17) is 4.74 Å². The van der Waals surface area contributed by atoms with Crippen LogP contribution in [0.1, 0.15) is 27.9 Å². The van der Waals surface area contributed by atoms with Gasteiger partial charge in [-0.05, 0) is 60.5 Å². The molecule has 0 radical (unpaired) electrons. The average Bonchev–Trinajstić information content (AvgIpc) is 3.12. The highest BCUT2D eigenvalue weighted by molar-refractivity contribution is 6.23. The van der Waals surface area contributed by atoms with Crippen molar-refractivity contribution in [3.8, 4) is 5.75 Å². The zero-order valence-corrected chi connectivity index (χ0v) is 18.3. The Hall–Kier alpha value is -4.00. The van der Waals surface area contributed by atoms with Crippen molar-refractivity contribution in [1.82, 2.24) is 4.90 Å². The highest BCUT2D eigenvalue weighted by Crippen LogP contribution is 2.29. The molecule has 0 saturated carbocycles. The number of aryl methyl sites for hydroxylation is 1. The third-order valence-corrected chi connectivity index (χ3v) is 5.73. The van der Waals surface area contributed by atoms with E-state index >= 15 is 0 Å². The van der Waals surface area contributed by atoms with Crippen LogP contribution in [0.2, 0.25) is 0 Å². The zero-order valence-electron chi connectivity index (χ0n) is 18.3. The molecule has 6 nitrogen and oxygen atoms in total. The Morgan fingerprint density at radius 3 is 2.33 bits per heavy atom. The Bertz CT molecular complexity index is 1190. The largest absolute Gasteiger partial charge is 0.497 e. The second kappa shape index (κ2) is 9.24. The van der Waals surface area contributed by atoms with E-state index in [-0.39, 0.29) is 18.9 Å². The molecule has 168 valence electrons. The maximum Gasteiger partial charge on any atom is 0.257 e. The van der Waals surface area contributed by atoms with Crippen LogP contribution in [-0.4, -0.2) is 35.8 Å². The van der Waals surface area contributed by atoms with Crippen LogP contribution in [0.25, 0.3) is 0 Å². The normalized spacial score (nSPS) is 15.6. The van der Waals surface area contributed by atoms with Crippen molar-refractivity contribution >= 4 is 23.4 Å². The number of ether oxygens (including phenoxy) is 1. The summed E-state index contributed by atoms with van der Waals surface area (Å²) in [5.41, 5.74) is 2.28. The Kier molecular flexibility index (Phi) is 6.22. The van der Waals surface area contributed by atoms with Crippen LogP contribution >= 0.6 is 0 Å². The molecule has 0 bridgehead atoms. The molecule has 7 heteroatoms. The molecule has 0 spiro atoms. The van der Waals surface area contributed by atoms with Crippen LogP contribution in [-0.2, 0) is 16.1 Å². The number of methoxy groups -OCH3 is 1. The number of rotatable bonds is 6. The lowest BCUT2D eigenvalue weighted by Crippen LogP contribution is -2.45. The highest BCUT2D eigenvalue weighted by atomic mass is 19.1. The van der Waals surface area contributed by atoms with Crippen LogP contribution in [0.5, 0.6) is 5.75 Å². The molecule has 3 aromatic carbocycles. The van der Waals surface area contributed by atoms with Crippen LogP contribution in [0, 0.1) is 12.7 Å². The molecule has 0 aliphatic carbocycles. The van der Waals surface area contributed by atoms with Crippen LogP contribution in [0.15, 0.2) is 72.8 Å². The fourth-order valence-corrected chi connectivity index (χ4v) is 3.94. The molecule has 1 fully saturated rings. The third kappa shape index (κ3) is 4.48. The van der Waals surface area contributed by atoms with Crippen LogP contribution in [0.3, 0.4) is 0 Å². The van der Waals surface area contributed by atoms with Crippen LogP contribution < -0.4 is 9.64 Å². The summed E-state index contributed by atoms with van der Waals surface area (Å²) in [6.45, 7) is 1.88. The number of hydrogen-bond donors (Lipinski definition) is 0. The van der Waals surface area contributed by atoms with Crippen molar-refractivity contribution in [3.05, 3.63) is 95.3 Å². The topological polar surface area (TPSA) is 66.9 Å². The molecule has 4 rings (SSSR count). The van der Waals surface area contributed by atoms with Gasteiger partial charge in [0.05, 0.1) is 19.2 Å². The highest BCUT2D eigenvalue weighted by Gasteiger charge is 2.44. The summed E-state index contributed by atoms with van der Waals surface area (Å²) >= 11 is 0. The Labute approximate surface area is 191 Å². The summed E-state index contributed by atoms with van der Waals surface area (Å²) in [6, 6.07) is 18.4. The predicted octanol–water partition coefficient (Wildman–Crippen LogP) is 4.12. The number of halogens is 1. The number of benzene rings is 3. The number of carbonyl (C=O) groups excluding carboxylic acids is 3. The summed E-state index contributed by atoms with van der Waals surface area (Å²) in [5, 5.41) is 0. The van der Waals surface area contributed by atoms with Gasteiger partial charge in [-0.1, -0.05) is 30.3 Å². The SMILES string of the molecule is COc1ccc(N2C(=O)CC(N(Cc3ccc(F)cc3)C(=O)c3ccccc3C)C2=O)cc1. The number of nitrogens with zero attached hydrogens (tertiary/aromatic N) is 2. The van der Waals surface area contributed by atoms with Gasteiger partial charge in [-0.15, -0.1) is 0 Å². The first-order chi connectivity index (χ1) is 15.9. The first kappa shape index (κ1) is 22.2. The fraction of sp³-hybridized carbons (Fsp3) is 0.192. The maximum absolute atomic E-state index is 13.6. The van der Waals surface area contributed by atoms with Crippen molar-refractivity contribution in [2.75, 3.05) is 12.0 Å². The number of hydrogen-bond acceptors (Lipinski definition) is 4. The van der Waals surface area contributed by atoms with Gasteiger partial charge in [0.25, 0.3) is 11.8 Å². The molecule has 1 aliphatic rings. The lowest BCUT2D eigenvalue weighted by Gasteiger charge is -2.28. The molecule has 1 saturated heterocycles. The van der Waals surface area contributed by atoms with Gasteiger partial charge >= 0.3 is 0 Å². The lowest BCUT2D eigenvalue weighted by molar-refractivity contribution is -0.122. The van der Waals surface area contributed by atoms with Crippen LogP contribution in [0.4, 0.5) is 10.1 Å². The van der Waals surface area contributed by atoms with Gasteiger partial charge in [-0.25, -0.2) is 9.29 Å². The Morgan fingerprint density at radius 2 is 1.70 bits per heavy atom. The number of amides is 3. The van der Waals surface area contributed by atoms with Crippen molar-refractivity contribution < 1.29 is 23.5 Å². The van der Waals surface area contributed by atoms with Gasteiger partial charge in [-0.2, -0.15) is 0 Å². The van der Waals surface area contributed by atoms with E-state index in [1.54, 1.807) is 48.5 Å². The van der Waals surface area contributed by atoms with E-state index < -0.39 is 23.7 Å². The summed E-state index contributed by atoms with van der Waals surface area (Å²) in [6.07, 6.45) is -0.135. The summed E-state index contributed by atoms with van der Waals surface area (Å²) in [5.74, 6) is -1.03. The molecule has 3 aromatic rings. The van der Waals surface area contributed by atoms with E-state index in [0.29, 0.717) is 22.6 Å². The van der Waals surface area contributed by atoms with Crippen molar-refractivity contribution in [2.45, 2.75) is 25.9 Å². The van der Waals surface area contributed by atoms with Gasteiger partial charge in [0, 0.05) is 12.1 Å². The molecule has 3 amide bonds. The van der Waals surface area contributed by atoms with Crippen molar-refractivity contribution in [2.24, 2.45) is 0 Å². The summed E-state index contributed by atoms with van der Waals surface area (Å²) < 4.78 is 18.6. The average molecular weight is 446 g/mol. The minimum atomic E-state index is -0.975. The second-order valence-corrected chi connectivity index (χ2v) is 7.86. The second-order valence-electron chi connectivity index (χ2n) is 7.86. The minimum Gasteiger partial charge on any atom is -0.497 e. The first-order valence-corrected chi connectivity index (χ1v) is 10.5. The molecule has 0 aromatic heterocycles. The lowest BCUT2D eigenvalue weighted by atomic mass is 10.0. The first-order valence-electron chi connectivity index (χ1n) is 10.5. The Morgan fingerprint density at radius 1 is 1.03 bits per heavy atom. The fourth-order valence-electron chi connectivity index (χ4n) is 3.94. The number of anilines is 1. The molecule has 1 heterocycles. The monoisotopic (exact) mass is 446 g/mol. The quantitative estimate of drug-likeness (QED) is 0.535. The molecule has 1 atom stereocenters. The number of imide groups is 1. The van der Waals surface area contributed by atoms with Gasteiger partial charge < -0.3 is 9.64 Å².